The summed E-state index contributed by atoms with van der Waals surface area (Å²) >= 11 is 0. The highest BCUT2D eigenvalue weighted by molar-refractivity contribution is 6.04. The molecule has 4 aromatic carbocycles. The first kappa shape index (κ1) is 31.9. The van der Waals surface area contributed by atoms with Gasteiger partial charge in [0.15, 0.2) is 5.78 Å². The molecule has 230 valence electrons. The third-order valence-corrected chi connectivity index (χ3v) is 7.08. The summed E-state index contributed by atoms with van der Waals surface area (Å²) in [5.41, 5.74) is -6.66. The topological polar surface area (TPSA) is 87.7 Å². The Labute approximate surface area is 248 Å². The number of phenols is 1. The summed E-state index contributed by atoms with van der Waals surface area (Å²) < 4.78 is 93.7. The number of phenolic OH excluding ortho intramolecular Hbond substituents is 1. The third-order valence-electron chi connectivity index (χ3n) is 7.08. The van der Waals surface area contributed by atoms with Crippen molar-refractivity contribution in [3.05, 3.63) is 113 Å². The molecule has 3 N–H and O–H groups in total. The lowest BCUT2D eigenvalue weighted by atomic mass is 9.72. The van der Waals surface area contributed by atoms with E-state index in [-0.39, 0.29) is 28.3 Å². The van der Waals surface area contributed by atoms with Crippen LogP contribution in [0.5, 0.6) is 17.2 Å². The van der Waals surface area contributed by atoms with E-state index in [2.05, 4.69) is 10.6 Å². The second kappa shape index (κ2) is 11.9. The molecule has 4 aromatic rings. The fourth-order valence-electron chi connectivity index (χ4n) is 4.70. The number of nitrogens with one attached hydrogen (secondary N) is 2. The number of amides is 1. The Morgan fingerprint density at radius 2 is 1.18 bits per heavy atom. The van der Waals surface area contributed by atoms with E-state index in [0.29, 0.717) is 41.3 Å². The Hall–Kier alpha value is -5.00. The number of benzene rings is 4. The van der Waals surface area contributed by atoms with Crippen LogP contribution in [0.4, 0.5) is 37.7 Å². The van der Waals surface area contributed by atoms with Crippen LogP contribution in [0.1, 0.15) is 44.3 Å². The van der Waals surface area contributed by atoms with Gasteiger partial charge in [-0.3, -0.25) is 9.59 Å². The lowest BCUT2D eigenvalue weighted by Gasteiger charge is -2.38. The Bertz CT molecular complexity index is 1670. The van der Waals surface area contributed by atoms with Gasteiger partial charge in [-0.2, -0.15) is 26.3 Å². The average Bonchev–Trinajstić information content (AvgIpc) is 2.95. The molecule has 0 atom stereocenters. The van der Waals surface area contributed by atoms with Gasteiger partial charge in [0, 0.05) is 23.9 Å². The SMILES string of the molecule is CNc1cc(C(c2ccc(C)c(NC(=O)c3ccc(Oc4ccc(C(C)=O)cc4)cc3)c2)(C(F)(F)F)C(F)(F)F)ccc1O. The zero-order valence-corrected chi connectivity index (χ0v) is 23.5. The Morgan fingerprint density at radius 1 is 0.705 bits per heavy atom. The molecule has 4 rings (SSSR count). The molecule has 0 saturated carbocycles. The predicted molar refractivity (Wildman–Crippen MR) is 153 cm³/mol. The maximum atomic E-state index is 14.7. The first-order chi connectivity index (χ1) is 20.6. The fourth-order valence-corrected chi connectivity index (χ4v) is 4.70. The van der Waals surface area contributed by atoms with Crippen molar-refractivity contribution in [2.75, 3.05) is 17.7 Å². The Morgan fingerprint density at radius 3 is 1.66 bits per heavy atom. The van der Waals surface area contributed by atoms with Crippen LogP contribution in [0.25, 0.3) is 0 Å². The van der Waals surface area contributed by atoms with Gasteiger partial charge >= 0.3 is 12.4 Å². The Kier molecular flexibility index (Phi) is 8.67. The molecule has 0 aliphatic heterocycles. The molecule has 0 aliphatic carbocycles. The van der Waals surface area contributed by atoms with Gasteiger partial charge < -0.3 is 20.5 Å². The van der Waals surface area contributed by atoms with E-state index in [4.69, 9.17) is 4.74 Å². The van der Waals surface area contributed by atoms with E-state index < -0.39 is 40.6 Å². The number of Topliss-reactive ketones (excluding diaryl/α,β-unsaturated/α-hetero) is 1. The second-order valence-electron chi connectivity index (χ2n) is 9.92. The number of ether oxygens (including phenoxy) is 1. The normalized spacial score (nSPS) is 12.0. The number of anilines is 2. The van der Waals surface area contributed by atoms with Gasteiger partial charge in [0.05, 0.1) is 5.69 Å². The minimum Gasteiger partial charge on any atom is -0.506 e. The van der Waals surface area contributed by atoms with Crippen molar-refractivity contribution in [1.82, 2.24) is 0 Å². The molecule has 0 spiro atoms. The van der Waals surface area contributed by atoms with E-state index in [1.807, 2.05) is 0 Å². The summed E-state index contributed by atoms with van der Waals surface area (Å²) in [6, 6.07) is 16.4. The van der Waals surface area contributed by atoms with Crippen molar-refractivity contribution in [3.63, 3.8) is 0 Å². The monoisotopic (exact) mass is 616 g/mol. The van der Waals surface area contributed by atoms with E-state index in [1.165, 1.54) is 45.2 Å². The van der Waals surface area contributed by atoms with Gasteiger partial charge in [-0.05, 0) is 97.3 Å². The Balaban J connectivity index is 1.67. The predicted octanol–water partition coefficient (Wildman–Crippen LogP) is 8.40. The average molecular weight is 617 g/mol. The number of hydrogen-bond donors (Lipinski definition) is 3. The number of carbonyl (C=O) groups excluding carboxylic acids is 2. The number of carbonyl (C=O) groups is 2. The van der Waals surface area contributed by atoms with Crippen LogP contribution in [0.3, 0.4) is 0 Å². The molecule has 0 aliphatic rings. The summed E-state index contributed by atoms with van der Waals surface area (Å²) in [7, 11) is 1.24. The molecule has 6 nitrogen and oxygen atoms in total. The maximum absolute atomic E-state index is 14.7. The minimum absolute atomic E-state index is 0.0594. The highest BCUT2D eigenvalue weighted by Crippen LogP contribution is 2.57. The molecule has 44 heavy (non-hydrogen) atoms. The van der Waals surface area contributed by atoms with E-state index in [0.717, 1.165) is 12.1 Å². The first-order valence-corrected chi connectivity index (χ1v) is 13.0. The molecule has 0 radical (unpaired) electrons. The summed E-state index contributed by atoms with van der Waals surface area (Å²) in [6.07, 6.45) is -11.7. The quantitative estimate of drug-likeness (QED) is 0.105. The van der Waals surface area contributed by atoms with Gasteiger partial charge in [-0.1, -0.05) is 18.2 Å². The molecule has 0 bridgehead atoms. The number of hydrogen-bond acceptors (Lipinski definition) is 5. The number of rotatable bonds is 8. The molecule has 1 amide bonds. The van der Waals surface area contributed by atoms with Gasteiger partial charge in [-0.25, -0.2) is 0 Å². The van der Waals surface area contributed by atoms with Crippen LogP contribution in [0.15, 0.2) is 84.9 Å². The lowest BCUT2D eigenvalue weighted by molar-refractivity contribution is -0.288. The van der Waals surface area contributed by atoms with Crippen LogP contribution in [-0.2, 0) is 5.41 Å². The largest absolute Gasteiger partial charge is 0.506 e. The highest BCUT2D eigenvalue weighted by atomic mass is 19.4. The molecule has 0 fully saturated rings. The smallest absolute Gasteiger partial charge is 0.411 e. The summed E-state index contributed by atoms with van der Waals surface area (Å²) in [5, 5.41) is 14.7. The number of aromatic hydroxyl groups is 1. The summed E-state index contributed by atoms with van der Waals surface area (Å²) in [4.78, 5) is 24.5. The second-order valence-corrected chi connectivity index (χ2v) is 9.92. The fraction of sp³-hybridized carbons (Fsp3) is 0.188. The van der Waals surface area contributed by atoms with Gasteiger partial charge in [-0.15, -0.1) is 0 Å². The van der Waals surface area contributed by atoms with E-state index in [9.17, 15) is 41.0 Å². The molecular formula is C32H26F6N2O4. The zero-order chi connectivity index (χ0) is 32.4. The molecule has 0 aromatic heterocycles. The first-order valence-electron chi connectivity index (χ1n) is 13.0. The van der Waals surface area contributed by atoms with Crippen molar-refractivity contribution in [2.24, 2.45) is 0 Å². The molecule has 0 unspecified atom stereocenters. The number of alkyl halides is 6. The van der Waals surface area contributed by atoms with Gasteiger partial charge in [0.1, 0.15) is 17.2 Å². The zero-order valence-electron chi connectivity index (χ0n) is 23.5. The molecular weight excluding hydrogens is 590 g/mol. The number of halogens is 6. The van der Waals surface area contributed by atoms with Crippen LogP contribution >= 0.6 is 0 Å². The number of aryl methyl sites for hydroxylation is 1. The molecule has 12 heteroatoms. The van der Waals surface area contributed by atoms with Gasteiger partial charge in [0.2, 0.25) is 5.41 Å². The van der Waals surface area contributed by atoms with Crippen LogP contribution in [-0.4, -0.2) is 36.2 Å². The lowest BCUT2D eigenvalue weighted by Crippen LogP contribution is -2.54. The van der Waals surface area contributed by atoms with Crippen molar-refractivity contribution in [3.8, 4) is 17.2 Å². The third kappa shape index (κ3) is 6.05. The van der Waals surface area contributed by atoms with Crippen LogP contribution in [0, 0.1) is 6.92 Å². The van der Waals surface area contributed by atoms with E-state index >= 15 is 0 Å². The van der Waals surface area contributed by atoms with Crippen molar-refractivity contribution in [1.29, 1.82) is 0 Å². The molecule has 0 heterocycles. The van der Waals surface area contributed by atoms with Crippen LogP contribution < -0.4 is 15.4 Å². The standard InChI is InChI=1S/C32H26F6N2O4/c1-18-4-9-22(30(31(33,34)35,32(36,37)38)23-10-15-28(42)27(17-23)39-3)16-26(18)40-29(43)21-7-13-25(14-8-21)44-24-11-5-20(6-12-24)19(2)41/h4-17,39,42H,1-3H3,(H,40,43). The van der Waals surface area contributed by atoms with E-state index in [1.54, 1.807) is 24.3 Å². The maximum Gasteiger partial charge on any atom is 0.411 e. The van der Waals surface area contributed by atoms with Crippen molar-refractivity contribution >= 4 is 23.1 Å². The minimum atomic E-state index is -5.87. The summed E-state index contributed by atoms with van der Waals surface area (Å²) in [6.45, 7) is 2.85. The van der Waals surface area contributed by atoms with Gasteiger partial charge in [0.25, 0.3) is 5.91 Å². The molecule has 0 saturated heterocycles. The van der Waals surface area contributed by atoms with Crippen LogP contribution in [0.2, 0.25) is 0 Å². The highest BCUT2D eigenvalue weighted by Gasteiger charge is 2.72. The summed E-state index contributed by atoms with van der Waals surface area (Å²) in [5.74, 6) is -0.667. The van der Waals surface area contributed by atoms with Crippen molar-refractivity contribution < 1.29 is 45.8 Å². The number of ketones is 1. The van der Waals surface area contributed by atoms with Crippen molar-refractivity contribution in [2.45, 2.75) is 31.6 Å².